The van der Waals surface area contributed by atoms with E-state index in [1.54, 1.807) is 0 Å². The number of nitrogens with one attached hydrogen (secondary N) is 1. The van der Waals surface area contributed by atoms with Crippen LogP contribution in [0.4, 0.5) is 4.79 Å². The summed E-state index contributed by atoms with van der Waals surface area (Å²) in [4.78, 5) is 12.3. The Labute approximate surface area is 98.4 Å². The fraction of sp³-hybridized carbons (Fsp3) is 0.500. The standard InChI is InChI=1S/C10H14ClNO2S/c1-6(2)14-10(13)12-7(3)8-4-5-9(11)15-8/h4-7H,1-3H3,(H,12,13). The van der Waals surface area contributed by atoms with Gasteiger partial charge in [0.25, 0.3) is 0 Å². The van der Waals surface area contributed by atoms with Gasteiger partial charge in [-0.2, -0.15) is 0 Å². The SMILES string of the molecule is CC(C)OC(=O)NC(C)c1ccc(Cl)s1. The molecule has 0 fully saturated rings. The molecular formula is C10H14ClNO2S. The van der Waals surface area contributed by atoms with Crippen molar-refractivity contribution in [3.8, 4) is 0 Å². The quantitative estimate of drug-likeness (QED) is 0.886. The number of rotatable bonds is 3. The second kappa shape index (κ2) is 5.37. The summed E-state index contributed by atoms with van der Waals surface area (Å²) in [7, 11) is 0. The first kappa shape index (κ1) is 12.3. The number of hydrogen-bond acceptors (Lipinski definition) is 3. The minimum atomic E-state index is -0.401. The zero-order valence-corrected chi connectivity index (χ0v) is 10.5. The second-order valence-electron chi connectivity index (χ2n) is 3.46. The van der Waals surface area contributed by atoms with Crippen molar-refractivity contribution in [2.24, 2.45) is 0 Å². The van der Waals surface area contributed by atoms with Gasteiger partial charge in [0.15, 0.2) is 0 Å². The first-order valence-corrected chi connectivity index (χ1v) is 5.91. The maximum Gasteiger partial charge on any atom is 0.407 e. The molecule has 0 aromatic carbocycles. The maximum atomic E-state index is 11.3. The summed E-state index contributed by atoms with van der Waals surface area (Å²) in [6, 6.07) is 3.63. The molecule has 0 saturated carbocycles. The number of amides is 1. The molecule has 0 aliphatic carbocycles. The van der Waals surface area contributed by atoms with Gasteiger partial charge in [-0.1, -0.05) is 11.6 Å². The van der Waals surface area contributed by atoms with E-state index in [-0.39, 0.29) is 12.1 Å². The molecule has 1 atom stereocenters. The van der Waals surface area contributed by atoms with Crippen molar-refractivity contribution < 1.29 is 9.53 Å². The lowest BCUT2D eigenvalue weighted by molar-refractivity contribution is 0.113. The van der Waals surface area contributed by atoms with E-state index in [4.69, 9.17) is 16.3 Å². The van der Waals surface area contributed by atoms with E-state index < -0.39 is 6.09 Å². The third-order valence-electron chi connectivity index (χ3n) is 1.70. The highest BCUT2D eigenvalue weighted by Crippen LogP contribution is 2.26. The van der Waals surface area contributed by atoms with Crippen molar-refractivity contribution in [2.45, 2.75) is 32.9 Å². The first-order chi connectivity index (χ1) is 6.99. The number of alkyl carbamates (subject to hydrolysis) is 1. The van der Waals surface area contributed by atoms with Crippen molar-refractivity contribution in [3.63, 3.8) is 0 Å². The molecule has 0 saturated heterocycles. The zero-order valence-electron chi connectivity index (χ0n) is 8.91. The molecule has 0 spiro atoms. The molecule has 0 aliphatic rings. The molecule has 1 amide bonds. The number of thiophene rings is 1. The first-order valence-electron chi connectivity index (χ1n) is 4.71. The average Bonchev–Trinajstić information content (AvgIpc) is 2.49. The molecule has 1 aromatic rings. The summed E-state index contributed by atoms with van der Waals surface area (Å²) >= 11 is 7.25. The van der Waals surface area contributed by atoms with Crippen molar-refractivity contribution in [1.82, 2.24) is 5.32 Å². The normalized spacial score (nSPS) is 12.6. The molecule has 84 valence electrons. The zero-order chi connectivity index (χ0) is 11.4. The summed E-state index contributed by atoms with van der Waals surface area (Å²) in [5.74, 6) is 0. The van der Waals surface area contributed by atoms with E-state index in [0.717, 1.165) is 9.21 Å². The van der Waals surface area contributed by atoms with Crippen LogP contribution in [-0.4, -0.2) is 12.2 Å². The largest absolute Gasteiger partial charge is 0.447 e. The lowest BCUT2D eigenvalue weighted by Crippen LogP contribution is -2.28. The van der Waals surface area contributed by atoms with Crippen LogP contribution >= 0.6 is 22.9 Å². The third-order valence-corrected chi connectivity index (χ3v) is 3.11. The Balaban J connectivity index is 2.48. The molecule has 3 nitrogen and oxygen atoms in total. The van der Waals surface area contributed by atoms with E-state index in [1.165, 1.54) is 11.3 Å². The monoisotopic (exact) mass is 247 g/mol. The van der Waals surface area contributed by atoms with Crippen LogP contribution < -0.4 is 5.32 Å². The van der Waals surface area contributed by atoms with Crippen LogP contribution in [0.2, 0.25) is 4.34 Å². The van der Waals surface area contributed by atoms with Crippen molar-refractivity contribution in [3.05, 3.63) is 21.3 Å². The summed E-state index contributed by atoms with van der Waals surface area (Å²) in [6.45, 7) is 5.52. The van der Waals surface area contributed by atoms with Crippen molar-refractivity contribution >= 4 is 29.0 Å². The predicted octanol–water partition coefficient (Wildman–Crippen LogP) is 3.60. The Morgan fingerprint density at radius 2 is 2.13 bits per heavy atom. The molecular weight excluding hydrogens is 234 g/mol. The molecule has 1 rings (SSSR count). The molecule has 1 unspecified atom stereocenters. The van der Waals surface area contributed by atoms with Crippen LogP contribution in [0, 0.1) is 0 Å². The summed E-state index contributed by atoms with van der Waals surface area (Å²) < 4.78 is 5.69. The minimum absolute atomic E-state index is 0.0752. The number of ether oxygens (including phenoxy) is 1. The van der Waals surface area contributed by atoms with E-state index in [1.807, 2.05) is 32.9 Å². The fourth-order valence-electron chi connectivity index (χ4n) is 1.06. The van der Waals surface area contributed by atoms with E-state index in [9.17, 15) is 4.79 Å². The van der Waals surface area contributed by atoms with Crippen LogP contribution in [0.15, 0.2) is 12.1 Å². The smallest absolute Gasteiger partial charge is 0.407 e. The summed E-state index contributed by atoms with van der Waals surface area (Å²) in [6.07, 6.45) is -0.508. The van der Waals surface area contributed by atoms with Crippen LogP contribution in [0.25, 0.3) is 0 Å². The van der Waals surface area contributed by atoms with E-state index >= 15 is 0 Å². The van der Waals surface area contributed by atoms with Gasteiger partial charge in [-0.15, -0.1) is 11.3 Å². The van der Waals surface area contributed by atoms with E-state index in [0.29, 0.717) is 0 Å². The highest BCUT2D eigenvalue weighted by molar-refractivity contribution is 7.16. The highest BCUT2D eigenvalue weighted by atomic mass is 35.5. The number of halogens is 1. The molecule has 0 bridgehead atoms. The Morgan fingerprint density at radius 1 is 1.47 bits per heavy atom. The number of carbonyl (C=O) groups is 1. The van der Waals surface area contributed by atoms with Gasteiger partial charge in [0.1, 0.15) is 0 Å². The van der Waals surface area contributed by atoms with Crippen LogP contribution in [0.3, 0.4) is 0 Å². The lowest BCUT2D eigenvalue weighted by Gasteiger charge is -2.14. The molecule has 0 radical (unpaired) electrons. The Kier molecular flexibility index (Phi) is 4.42. The Hall–Kier alpha value is -0.740. The van der Waals surface area contributed by atoms with Crippen LogP contribution in [0.1, 0.15) is 31.7 Å². The van der Waals surface area contributed by atoms with Gasteiger partial charge in [-0.25, -0.2) is 4.79 Å². The molecule has 0 aliphatic heterocycles. The molecule has 1 aromatic heterocycles. The second-order valence-corrected chi connectivity index (χ2v) is 5.21. The van der Waals surface area contributed by atoms with Crippen molar-refractivity contribution in [2.75, 3.05) is 0 Å². The predicted molar refractivity (Wildman–Crippen MR) is 62.5 cm³/mol. The van der Waals surface area contributed by atoms with Gasteiger partial charge in [-0.05, 0) is 32.9 Å². The third kappa shape index (κ3) is 4.10. The maximum absolute atomic E-state index is 11.3. The molecule has 1 heterocycles. The molecule has 5 heteroatoms. The van der Waals surface area contributed by atoms with Gasteiger partial charge in [0.05, 0.1) is 16.5 Å². The van der Waals surface area contributed by atoms with Crippen molar-refractivity contribution in [1.29, 1.82) is 0 Å². The summed E-state index contributed by atoms with van der Waals surface area (Å²) in [5, 5.41) is 2.73. The lowest BCUT2D eigenvalue weighted by atomic mass is 10.3. The number of hydrogen-bond donors (Lipinski definition) is 1. The molecule has 15 heavy (non-hydrogen) atoms. The van der Waals surface area contributed by atoms with Crippen LogP contribution in [-0.2, 0) is 4.74 Å². The Morgan fingerprint density at radius 3 is 2.60 bits per heavy atom. The van der Waals surface area contributed by atoms with Gasteiger partial charge >= 0.3 is 6.09 Å². The van der Waals surface area contributed by atoms with Crippen LogP contribution in [0.5, 0.6) is 0 Å². The van der Waals surface area contributed by atoms with Gasteiger partial charge in [-0.3, -0.25) is 0 Å². The molecule has 1 N–H and O–H groups in total. The van der Waals surface area contributed by atoms with Gasteiger partial charge in [0, 0.05) is 4.88 Å². The number of carbonyl (C=O) groups excluding carboxylic acids is 1. The summed E-state index contributed by atoms with van der Waals surface area (Å²) in [5.41, 5.74) is 0. The average molecular weight is 248 g/mol. The van der Waals surface area contributed by atoms with Gasteiger partial charge in [0.2, 0.25) is 0 Å². The minimum Gasteiger partial charge on any atom is -0.447 e. The fourth-order valence-corrected chi connectivity index (χ4v) is 2.12. The highest BCUT2D eigenvalue weighted by Gasteiger charge is 2.12. The topological polar surface area (TPSA) is 38.3 Å². The van der Waals surface area contributed by atoms with Gasteiger partial charge < -0.3 is 10.1 Å². The Bertz CT molecular complexity index is 338. The van der Waals surface area contributed by atoms with E-state index in [2.05, 4.69) is 5.32 Å².